The summed E-state index contributed by atoms with van der Waals surface area (Å²) < 4.78 is 8.19. The Balaban J connectivity index is 1.05. The molecule has 2 saturated heterocycles. The van der Waals surface area contributed by atoms with Gasteiger partial charge in [-0.3, -0.25) is 19.0 Å². The Hall–Kier alpha value is -5.34. The molecule has 3 amide bonds. The number of primary amides is 1. The van der Waals surface area contributed by atoms with Crippen molar-refractivity contribution in [1.82, 2.24) is 28.9 Å². The Morgan fingerprint density at radius 3 is 2.55 bits per heavy atom. The van der Waals surface area contributed by atoms with Crippen molar-refractivity contribution in [3.8, 4) is 16.3 Å². The zero-order valence-corrected chi connectivity index (χ0v) is 29.2. The van der Waals surface area contributed by atoms with Crippen molar-refractivity contribution in [3.05, 3.63) is 99.7 Å². The van der Waals surface area contributed by atoms with E-state index in [4.69, 9.17) is 10.5 Å². The van der Waals surface area contributed by atoms with Crippen LogP contribution in [0.25, 0.3) is 21.5 Å². The van der Waals surface area contributed by atoms with E-state index in [1.54, 1.807) is 29.0 Å². The van der Waals surface area contributed by atoms with E-state index in [1.165, 1.54) is 28.4 Å². The first kappa shape index (κ1) is 34.1. The van der Waals surface area contributed by atoms with E-state index >= 15 is 0 Å². The number of pyridine rings is 1. The number of nitrogens with zero attached hydrogens (tertiary/aromatic N) is 6. The van der Waals surface area contributed by atoms with Gasteiger partial charge in [0.15, 0.2) is 0 Å². The fraction of sp³-hybridized carbons (Fsp3) is 0.351. The highest BCUT2D eigenvalue weighted by atomic mass is 32.1. The minimum absolute atomic E-state index is 0.0171. The minimum atomic E-state index is -1.15. The molecule has 0 saturated carbocycles. The number of carbonyl (C=O) groups excluding carboxylic acids is 3. The fourth-order valence-corrected chi connectivity index (χ4v) is 8.49. The van der Waals surface area contributed by atoms with Crippen LogP contribution in [-0.4, -0.2) is 83.7 Å². The Labute approximate surface area is 297 Å². The highest BCUT2D eigenvalue weighted by Crippen LogP contribution is 2.38. The normalized spacial score (nSPS) is 18.9. The van der Waals surface area contributed by atoms with Gasteiger partial charge >= 0.3 is 6.09 Å². The maximum absolute atomic E-state index is 14.2. The Kier molecular flexibility index (Phi) is 9.21. The second-order valence-corrected chi connectivity index (χ2v) is 14.5. The summed E-state index contributed by atoms with van der Waals surface area (Å²) in [6, 6.07) is 16.8. The van der Waals surface area contributed by atoms with Crippen LogP contribution in [0.4, 0.5) is 4.79 Å². The molecule has 0 radical (unpaired) electrons. The predicted molar refractivity (Wildman–Crippen MR) is 191 cm³/mol. The van der Waals surface area contributed by atoms with Crippen molar-refractivity contribution in [2.75, 3.05) is 26.2 Å². The summed E-state index contributed by atoms with van der Waals surface area (Å²) in [4.78, 5) is 66.0. The highest BCUT2D eigenvalue weighted by Gasteiger charge is 2.42. The zero-order valence-electron chi connectivity index (χ0n) is 28.4. The highest BCUT2D eigenvalue weighted by molar-refractivity contribution is 7.17. The van der Waals surface area contributed by atoms with Crippen molar-refractivity contribution >= 4 is 40.3 Å². The Morgan fingerprint density at radius 1 is 1.04 bits per heavy atom. The summed E-state index contributed by atoms with van der Waals surface area (Å²) in [5.74, 6) is -0.562. The third kappa shape index (κ3) is 6.88. The van der Waals surface area contributed by atoms with Gasteiger partial charge in [-0.15, -0.1) is 11.3 Å². The van der Waals surface area contributed by atoms with Crippen LogP contribution < -0.4 is 16.0 Å². The van der Waals surface area contributed by atoms with Crippen molar-refractivity contribution in [3.63, 3.8) is 0 Å². The summed E-state index contributed by atoms with van der Waals surface area (Å²) in [6.07, 6.45) is 5.00. The summed E-state index contributed by atoms with van der Waals surface area (Å²) in [6.45, 7) is 3.56. The number of nitrogens with two attached hydrogens (primary N) is 1. The molecule has 2 atom stereocenters. The summed E-state index contributed by atoms with van der Waals surface area (Å²) in [5, 5.41) is 12.0. The second-order valence-electron chi connectivity index (χ2n) is 13.5. The van der Waals surface area contributed by atoms with E-state index in [2.05, 4.69) is 9.97 Å². The van der Waals surface area contributed by atoms with Crippen LogP contribution in [-0.2, 0) is 18.4 Å². The number of piperidine rings is 2. The molecule has 2 fully saturated rings. The molecule has 13 nitrogen and oxygen atoms in total. The van der Waals surface area contributed by atoms with Gasteiger partial charge in [0.1, 0.15) is 12.0 Å². The molecule has 0 spiro atoms. The van der Waals surface area contributed by atoms with Gasteiger partial charge in [-0.1, -0.05) is 30.3 Å². The number of carbonyl (C=O) groups is 3. The van der Waals surface area contributed by atoms with E-state index in [0.29, 0.717) is 61.4 Å². The van der Waals surface area contributed by atoms with E-state index in [9.17, 15) is 24.3 Å². The number of fused-ring (bicyclic) bond motifs is 1. The predicted octanol–water partition coefficient (Wildman–Crippen LogP) is 3.92. The topological polar surface area (TPSA) is 166 Å². The summed E-state index contributed by atoms with van der Waals surface area (Å²) in [7, 11) is 1.83. The third-order valence-corrected chi connectivity index (χ3v) is 11.4. The largest absolute Gasteiger partial charge is 0.411 e. The van der Waals surface area contributed by atoms with Crippen LogP contribution in [0.1, 0.15) is 46.0 Å². The zero-order chi connectivity index (χ0) is 35.9. The lowest BCUT2D eigenvalue weighted by Crippen LogP contribution is -2.53. The van der Waals surface area contributed by atoms with Crippen molar-refractivity contribution in [1.29, 1.82) is 0 Å². The molecule has 14 heteroatoms. The van der Waals surface area contributed by atoms with Crippen LogP contribution in [0.15, 0.2) is 78.1 Å². The van der Waals surface area contributed by atoms with Crippen LogP contribution in [0, 0.1) is 12.8 Å². The number of hydrogen-bond donors (Lipinski definition) is 2. The van der Waals surface area contributed by atoms with Crippen LogP contribution >= 0.6 is 11.3 Å². The molecule has 7 rings (SSSR count). The molecule has 5 aromatic rings. The number of aliphatic hydroxyl groups is 1. The maximum Gasteiger partial charge on any atom is 0.411 e. The van der Waals surface area contributed by atoms with Gasteiger partial charge in [-0.25, -0.2) is 14.8 Å². The number of benzene rings is 1. The van der Waals surface area contributed by atoms with Gasteiger partial charge in [0.2, 0.25) is 11.8 Å². The molecule has 6 heterocycles. The lowest BCUT2D eigenvalue weighted by molar-refractivity contribution is -0.142. The number of aryl methyl sites for hydroxylation is 2. The van der Waals surface area contributed by atoms with Crippen molar-refractivity contribution in [2.24, 2.45) is 18.7 Å². The number of rotatable bonds is 7. The summed E-state index contributed by atoms with van der Waals surface area (Å²) in [5.41, 5.74) is 7.05. The molecule has 2 aliphatic rings. The van der Waals surface area contributed by atoms with Crippen LogP contribution in [0.3, 0.4) is 0 Å². The van der Waals surface area contributed by atoms with E-state index in [0.717, 1.165) is 21.6 Å². The van der Waals surface area contributed by atoms with Crippen LogP contribution in [0.5, 0.6) is 5.88 Å². The van der Waals surface area contributed by atoms with Gasteiger partial charge in [-0.05, 0) is 61.1 Å². The van der Waals surface area contributed by atoms with E-state index < -0.39 is 11.7 Å². The minimum Gasteiger partial charge on any atom is -0.391 e. The third-order valence-electron chi connectivity index (χ3n) is 10.1. The lowest BCUT2D eigenvalue weighted by Gasteiger charge is -2.43. The van der Waals surface area contributed by atoms with Gasteiger partial charge in [0.25, 0.3) is 11.5 Å². The van der Waals surface area contributed by atoms with Crippen LogP contribution in [0.2, 0.25) is 0 Å². The molecule has 4 aromatic heterocycles. The second kappa shape index (κ2) is 13.8. The Morgan fingerprint density at radius 2 is 1.80 bits per heavy atom. The fourth-order valence-electron chi connectivity index (χ4n) is 7.36. The maximum atomic E-state index is 14.2. The summed E-state index contributed by atoms with van der Waals surface area (Å²) >= 11 is 1.36. The molecule has 0 aliphatic carbocycles. The lowest BCUT2D eigenvalue weighted by atomic mass is 9.79. The molecule has 2 aliphatic heterocycles. The SMILES string of the molecule is Cc1cc(C(=O)N2CC[C@@H](C(=O)N3CCC(O)(Cn4cnc5c(ccn5C)c4=O)CC3)[C@H](c3ccccc3)C2)sc1-c1ccnc(OC(N)=O)c1. The number of thiophene rings is 1. The first-order chi connectivity index (χ1) is 24.5. The molecule has 0 bridgehead atoms. The van der Waals surface area contributed by atoms with Gasteiger partial charge in [0, 0.05) is 68.4 Å². The molecule has 51 heavy (non-hydrogen) atoms. The van der Waals surface area contributed by atoms with Gasteiger partial charge in [0.05, 0.1) is 22.4 Å². The molecular formula is C37H39N7O6S. The monoisotopic (exact) mass is 709 g/mol. The van der Waals surface area contributed by atoms with Gasteiger partial charge < -0.3 is 29.9 Å². The number of aromatic nitrogens is 4. The molecule has 264 valence electrons. The first-order valence-corrected chi connectivity index (χ1v) is 17.7. The average Bonchev–Trinajstić information content (AvgIpc) is 3.71. The first-order valence-electron chi connectivity index (χ1n) is 16.9. The number of hydrogen-bond acceptors (Lipinski definition) is 9. The van der Waals surface area contributed by atoms with Crippen molar-refractivity contribution < 1.29 is 24.2 Å². The average molecular weight is 710 g/mol. The quantitative estimate of drug-likeness (QED) is 0.257. The molecule has 1 aromatic carbocycles. The van der Waals surface area contributed by atoms with Crippen molar-refractivity contribution in [2.45, 2.75) is 44.2 Å². The number of likely N-dealkylation sites (tertiary alicyclic amines) is 2. The number of ether oxygens (including phenoxy) is 1. The van der Waals surface area contributed by atoms with E-state index in [-0.39, 0.29) is 41.6 Å². The Bertz CT molecular complexity index is 2170. The smallest absolute Gasteiger partial charge is 0.391 e. The molecule has 3 N–H and O–H groups in total. The van der Waals surface area contributed by atoms with Gasteiger partial charge in [-0.2, -0.15) is 0 Å². The standard InChI is InChI=1S/C37H39N7O6S/c1-23-18-29(51-31(23)25-8-13-39-30(19-25)50-36(38)48)35(47)43-15-10-26(28(20-43)24-6-4-3-5-7-24)33(45)42-16-11-37(49,12-17-42)21-44-22-40-32-27(34(44)46)9-14-41(32)2/h3-9,13-14,18-19,22,26,28,49H,10-12,15-17,20-21H2,1-2H3,(H2,38,48)/t26-,28+/m1/s1. The number of amides is 3. The molecule has 0 unspecified atom stereocenters. The molecular weight excluding hydrogens is 671 g/mol. The van der Waals surface area contributed by atoms with E-state index in [1.807, 2.05) is 60.2 Å².